The first kappa shape index (κ1) is 32.3. The molecule has 0 radical (unpaired) electrons. The molecule has 2 aliphatic heterocycles. The third-order valence-electron chi connectivity index (χ3n) is 10.8. The average Bonchev–Trinajstić information content (AvgIpc) is 3.64. The number of rotatable bonds is 7. The van der Waals surface area contributed by atoms with Gasteiger partial charge in [0.1, 0.15) is 17.2 Å². The van der Waals surface area contributed by atoms with Crippen LogP contribution in [0.1, 0.15) is 53.6 Å². The molecule has 1 aliphatic carbocycles. The van der Waals surface area contributed by atoms with Gasteiger partial charge in [-0.2, -0.15) is 5.10 Å². The van der Waals surface area contributed by atoms with Crippen LogP contribution in [-0.2, 0) is 19.4 Å². The predicted molar refractivity (Wildman–Crippen MR) is 189 cm³/mol. The van der Waals surface area contributed by atoms with E-state index >= 15 is 0 Å². The van der Waals surface area contributed by atoms with Crippen molar-refractivity contribution in [3.05, 3.63) is 71.2 Å². The van der Waals surface area contributed by atoms with E-state index in [1.165, 1.54) is 25.0 Å². The number of imidazole rings is 1. The molecule has 13 heteroatoms. The summed E-state index contributed by atoms with van der Waals surface area (Å²) in [6.45, 7) is 6.85. The fourth-order valence-corrected chi connectivity index (χ4v) is 7.68. The molecule has 12 nitrogen and oxygen atoms in total. The summed E-state index contributed by atoms with van der Waals surface area (Å²) in [6.07, 6.45) is 8.22. The van der Waals surface area contributed by atoms with Crippen molar-refractivity contribution >= 4 is 22.6 Å². The first-order valence-corrected chi connectivity index (χ1v) is 17.6. The topological polar surface area (TPSA) is 133 Å². The van der Waals surface area contributed by atoms with Gasteiger partial charge in [-0.25, -0.2) is 19.3 Å². The molecule has 0 spiro atoms. The number of hydrogen-bond acceptors (Lipinski definition) is 9. The van der Waals surface area contributed by atoms with Gasteiger partial charge in [0.05, 0.1) is 30.1 Å². The number of halogens is 1. The number of nitrogens with zero attached hydrogens (tertiary/aromatic N) is 8. The van der Waals surface area contributed by atoms with E-state index in [4.69, 9.17) is 4.98 Å². The number of hydrogen-bond donors (Lipinski definition) is 3. The number of aryl methyl sites for hydroxylation is 1. The van der Waals surface area contributed by atoms with Gasteiger partial charge < -0.3 is 24.8 Å². The molecule has 260 valence electrons. The Morgan fingerprint density at radius 2 is 1.92 bits per heavy atom. The van der Waals surface area contributed by atoms with E-state index in [0.29, 0.717) is 55.2 Å². The molecule has 2 fully saturated rings. The van der Waals surface area contributed by atoms with Gasteiger partial charge in [-0.1, -0.05) is 13.0 Å². The lowest BCUT2D eigenvalue weighted by atomic mass is 9.84. The Hall–Kier alpha value is -4.88. The monoisotopic (exact) mass is 678 g/mol. The maximum atomic E-state index is 14.3. The zero-order valence-electron chi connectivity index (χ0n) is 28.8. The number of aromatic hydroxyl groups is 1. The van der Waals surface area contributed by atoms with Crippen molar-refractivity contribution in [2.24, 2.45) is 0 Å². The number of carbonyl (C=O) groups is 1. The van der Waals surface area contributed by atoms with E-state index in [1.807, 2.05) is 25.1 Å². The minimum absolute atomic E-state index is 0.156. The van der Waals surface area contributed by atoms with Crippen LogP contribution in [0.15, 0.2) is 42.7 Å². The van der Waals surface area contributed by atoms with Gasteiger partial charge in [-0.3, -0.25) is 14.8 Å². The minimum Gasteiger partial charge on any atom is -0.505 e. The van der Waals surface area contributed by atoms with Gasteiger partial charge in [0, 0.05) is 62.3 Å². The van der Waals surface area contributed by atoms with Crippen LogP contribution >= 0.6 is 0 Å². The number of aromatic nitrogens is 6. The lowest BCUT2D eigenvalue weighted by molar-refractivity contribution is 0.0573. The van der Waals surface area contributed by atoms with E-state index in [2.05, 4.69) is 53.9 Å². The van der Waals surface area contributed by atoms with Gasteiger partial charge >= 0.3 is 0 Å². The molecule has 0 atom stereocenters. The summed E-state index contributed by atoms with van der Waals surface area (Å²) >= 11 is 0. The lowest BCUT2D eigenvalue weighted by Gasteiger charge is -2.45. The minimum atomic E-state index is -0.651. The SMILES string of the molecule is CCc1cc(O)c(F)cc1-c1ccc2c(-c3nc4c([nH]3)CCN(C(=O)c3cnc(N5CCCN([C@H]6C[C@H](N(C)C)C6)CC5)cn3)C4)n[nH]c2c1. The fourth-order valence-electron chi connectivity index (χ4n) is 7.68. The summed E-state index contributed by atoms with van der Waals surface area (Å²) in [6, 6.07) is 10.0. The van der Waals surface area contributed by atoms with Crippen molar-refractivity contribution in [3.8, 4) is 28.4 Å². The van der Waals surface area contributed by atoms with Crippen molar-refractivity contribution in [3.63, 3.8) is 0 Å². The average molecular weight is 679 g/mol. The highest BCUT2D eigenvalue weighted by atomic mass is 19.1. The summed E-state index contributed by atoms with van der Waals surface area (Å²) in [5, 5.41) is 18.4. The Morgan fingerprint density at radius 1 is 1.06 bits per heavy atom. The normalized spacial score (nSPS) is 19.9. The van der Waals surface area contributed by atoms with Crippen molar-refractivity contribution in [1.82, 2.24) is 44.8 Å². The summed E-state index contributed by atoms with van der Waals surface area (Å²) < 4.78 is 14.3. The number of amides is 1. The molecule has 8 rings (SSSR count). The van der Waals surface area contributed by atoms with E-state index in [0.717, 1.165) is 77.4 Å². The molecule has 50 heavy (non-hydrogen) atoms. The highest BCUT2D eigenvalue weighted by Crippen LogP contribution is 2.34. The number of H-pyrrole nitrogens is 2. The third kappa shape index (κ3) is 5.98. The molecule has 5 aromatic rings. The second-order valence-electron chi connectivity index (χ2n) is 14.0. The van der Waals surface area contributed by atoms with Crippen LogP contribution in [-0.4, -0.2) is 115 Å². The van der Waals surface area contributed by atoms with Gasteiger partial charge in [-0.05, 0) is 80.7 Å². The number of nitrogens with one attached hydrogen (secondary N) is 2. The predicted octanol–water partition coefficient (Wildman–Crippen LogP) is 4.62. The van der Waals surface area contributed by atoms with E-state index < -0.39 is 5.82 Å². The van der Waals surface area contributed by atoms with Crippen molar-refractivity contribution in [2.75, 3.05) is 51.7 Å². The standard InChI is InChI=1S/C37H43FN10O2/c1-4-22-15-33(49)28(38)18-27(22)23-6-7-26-30(14-23)43-44-35(26)36-41-29-8-11-48(21-32(29)42-36)37(50)31-19-40-34(20-39-31)47-10-5-9-46(12-13-47)25-16-24(17-25)45(2)3/h6-7,14-15,18-20,24-25,49H,4-5,8-13,16-17,21H2,1-3H3,(H,41,42)(H,43,44)/t24-,25-. The summed E-state index contributed by atoms with van der Waals surface area (Å²) in [7, 11) is 4.34. The molecule has 1 saturated heterocycles. The van der Waals surface area contributed by atoms with Crippen molar-refractivity contribution in [1.29, 1.82) is 0 Å². The third-order valence-corrected chi connectivity index (χ3v) is 10.8. The van der Waals surface area contributed by atoms with Crippen molar-refractivity contribution < 1.29 is 14.3 Å². The smallest absolute Gasteiger partial charge is 0.274 e. The summed E-state index contributed by atoms with van der Waals surface area (Å²) in [4.78, 5) is 40.1. The molecule has 0 unspecified atom stereocenters. The molecule has 3 aliphatic rings. The Kier molecular flexibility index (Phi) is 8.47. The number of phenols is 1. The first-order chi connectivity index (χ1) is 24.2. The maximum absolute atomic E-state index is 14.3. The number of anilines is 1. The Bertz CT molecular complexity index is 2030. The maximum Gasteiger partial charge on any atom is 0.274 e. The molecule has 3 aromatic heterocycles. The van der Waals surface area contributed by atoms with Gasteiger partial charge in [0.2, 0.25) is 0 Å². The van der Waals surface area contributed by atoms with E-state index in [9.17, 15) is 14.3 Å². The number of carbonyl (C=O) groups excluding carboxylic acids is 1. The molecule has 0 bridgehead atoms. The molecule has 2 aromatic carbocycles. The number of fused-ring (bicyclic) bond motifs is 2. The van der Waals surface area contributed by atoms with Crippen LogP contribution in [0.4, 0.5) is 10.2 Å². The molecule has 1 saturated carbocycles. The molecule has 3 N–H and O–H groups in total. The zero-order chi connectivity index (χ0) is 34.5. The number of aromatic amines is 2. The summed E-state index contributed by atoms with van der Waals surface area (Å²) in [5.74, 6) is 0.295. The van der Waals surface area contributed by atoms with E-state index in [-0.39, 0.29) is 11.7 Å². The zero-order valence-corrected chi connectivity index (χ0v) is 28.8. The van der Waals surface area contributed by atoms with Crippen LogP contribution in [0.2, 0.25) is 0 Å². The quantitative estimate of drug-likeness (QED) is 0.226. The highest BCUT2D eigenvalue weighted by molar-refractivity contribution is 5.94. The van der Waals surface area contributed by atoms with Gasteiger partial charge in [0.15, 0.2) is 17.4 Å². The van der Waals surface area contributed by atoms with Crippen LogP contribution in [0.25, 0.3) is 33.5 Å². The van der Waals surface area contributed by atoms with Crippen molar-refractivity contribution in [2.45, 2.75) is 57.7 Å². The van der Waals surface area contributed by atoms with Gasteiger partial charge in [-0.15, -0.1) is 0 Å². The van der Waals surface area contributed by atoms with Crippen LogP contribution in [0, 0.1) is 5.82 Å². The van der Waals surface area contributed by atoms with Crippen LogP contribution < -0.4 is 4.90 Å². The lowest BCUT2D eigenvalue weighted by Crippen LogP contribution is -2.52. The molecule has 1 amide bonds. The van der Waals surface area contributed by atoms with Crippen LogP contribution in [0.5, 0.6) is 5.75 Å². The Balaban J connectivity index is 0.926. The Labute approximate surface area is 290 Å². The second-order valence-corrected chi connectivity index (χ2v) is 14.0. The van der Waals surface area contributed by atoms with Gasteiger partial charge in [0.25, 0.3) is 5.91 Å². The second kappa shape index (κ2) is 13.1. The highest BCUT2D eigenvalue weighted by Gasteiger charge is 2.35. The van der Waals surface area contributed by atoms with Crippen LogP contribution in [0.3, 0.4) is 0 Å². The van der Waals surface area contributed by atoms with E-state index in [1.54, 1.807) is 17.3 Å². The molecular weight excluding hydrogens is 635 g/mol. The molecular formula is C37H43FN10O2. The fraction of sp³-hybridized carbons (Fsp3) is 0.432. The number of phenolic OH excluding ortho intramolecular Hbond substituents is 1. The Morgan fingerprint density at radius 3 is 2.70 bits per heavy atom. The summed E-state index contributed by atoms with van der Waals surface area (Å²) in [5.41, 5.74) is 6.01. The first-order valence-electron chi connectivity index (χ1n) is 17.6. The largest absolute Gasteiger partial charge is 0.505 e. The number of benzene rings is 2. The molecule has 5 heterocycles.